The van der Waals surface area contributed by atoms with Crippen LogP contribution < -0.4 is 0 Å². The van der Waals surface area contributed by atoms with E-state index >= 15 is 0 Å². The van der Waals surface area contributed by atoms with E-state index in [9.17, 15) is 13.2 Å². The van der Waals surface area contributed by atoms with Crippen LogP contribution in [-0.2, 0) is 38.3 Å². The number of carbonyl (C=O) groups is 1. The number of benzene rings is 1. The summed E-state index contributed by atoms with van der Waals surface area (Å²) < 4.78 is 54.3. The first kappa shape index (κ1) is 25.1. The zero-order valence-corrected chi connectivity index (χ0v) is 19.6. The second-order valence-electron chi connectivity index (χ2n) is 8.23. The Bertz CT molecular complexity index is 813. The molecule has 8 nitrogen and oxygen atoms in total. The molecule has 3 rings (SSSR count). The van der Waals surface area contributed by atoms with Crippen LogP contribution in [0.25, 0.3) is 0 Å². The highest BCUT2D eigenvalue weighted by Crippen LogP contribution is 2.31. The third kappa shape index (κ3) is 7.25. The second kappa shape index (κ2) is 12.1. The van der Waals surface area contributed by atoms with Gasteiger partial charge in [-0.15, -0.1) is 0 Å². The summed E-state index contributed by atoms with van der Waals surface area (Å²) in [5.41, 5.74) is 0. The lowest BCUT2D eigenvalue weighted by Gasteiger charge is -2.45. The van der Waals surface area contributed by atoms with Crippen LogP contribution >= 0.6 is 0 Å². The van der Waals surface area contributed by atoms with E-state index in [0.29, 0.717) is 13.0 Å². The molecule has 0 bridgehead atoms. The van der Waals surface area contributed by atoms with Gasteiger partial charge in [-0.25, -0.2) is 8.42 Å². The van der Waals surface area contributed by atoms with Crippen LogP contribution in [-0.4, -0.2) is 64.2 Å². The molecule has 2 aliphatic rings. The molecule has 0 radical (unpaired) electrons. The summed E-state index contributed by atoms with van der Waals surface area (Å²) in [4.78, 5) is 11.9. The van der Waals surface area contributed by atoms with Crippen molar-refractivity contribution in [2.75, 3.05) is 19.0 Å². The number of esters is 1. The molecule has 9 heteroatoms. The summed E-state index contributed by atoms with van der Waals surface area (Å²) in [7, 11) is -3.59. The van der Waals surface area contributed by atoms with Crippen molar-refractivity contribution >= 4 is 15.8 Å². The topological polar surface area (TPSA) is 97.4 Å². The van der Waals surface area contributed by atoms with Gasteiger partial charge in [-0.1, -0.05) is 50.8 Å². The van der Waals surface area contributed by atoms with E-state index in [1.807, 2.05) is 0 Å². The van der Waals surface area contributed by atoms with Crippen LogP contribution in [0.3, 0.4) is 0 Å². The third-order valence-corrected chi connectivity index (χ3v) is 7.27. The molecule has 0 saturated carbocycles. The van der Waals surface area contributed by atoms with Crippen molar-refractivity contribution in [1.29, 1.82) is 0 Å². The number of hydrogen-bond donors (Lipinski definition) is 0. The van der Waals surface area contributed by atoms with Crippen molar-refractivity contribution < 1.29 is 36.9 Å². The normalized spacial score (nSPS) is 28.1. The minimum atomic E-state index is -3.59. The number of fused-ring (bicyclic) bond motifs is 1. The Kier molecular flexibility index (Phi) is 9.48. The van der Waals surface area contributed by atoms with Gasteiger partial charge in [-0.3, -0.25) is 4.79 Å². The zero-order chi connectivity index (χ0) is 23.0. The van der Waals surface area contributed by atoms with E-state index in [1.54, 1.807) is 18.2 Å². The first-order valence-electron chi connectivity index (χ1n) is 11.4. The van der Waals surface area contributed by atoms with Crippen LogP contribution in [0.2, 0.25) is 0 Å². The third-order valence-electron chi connectivity index (χ3n) is 5.57. The van der Waals surface area contributed by atoms with Crippen molar-refractivity contribution in [1.82, 2.24) is 0 Å². The molecule has 5 atom stereocenters. The second-order valence-corrected chi connectivity index (χ2v) is 10.3. The monoisotopic (exact) mass is 470 g/mol. The lowest BCUT2D eigenvalue weighted by molar-refractivity contribution is -0.330. The Hall–Kier alpha value is -1.52. The summed E-state index contributed by atoms with van der Waals surface area (Å²) in [5.74, 6) is -0.762. The Morgan fingerprint density at radius 3 is 2.56 bits per heavy atom. The van der Waals surface area contributed by atoms with Crippen molar-refractivity contribution in [3.05, 3.63) is 30.3 Å². The summed E-state index contributed by atoms with van der Waals surface area (Å²) in [6, 6.07) is 8.17. The van der Waals surface area contributed by atoms with Crippen LogP contribution in [0.15, 0.2) is 35.2 Å². The Balaban J connectivity index is 1.57. The lowest BCUT2D eigenvalue weighted by atomic mass is 10.0. The summed E-state index contributed by atoms with van der Waals surface area (Å²) in [6.45, 7) is 4.21. The van der Waals surface area contributed by atoms with Crippen molar-refractivity contribution in [3.63, 3.8) is 0 Å². The molecule has 2 unspecified atom stereocenters. The van der Waals surface area contributed by atoms with Crippen molar-refractivity contribution in [2.24, 2.45) is 0 Å². The molecule has 32 heavy (non-hydrogen) atoms. The van der Waals surface area contributed by atoms with Crippen LogP contribution in [0.4, 0.5) is 0 Å². The van der Waals surface area contributed by atoms with Crippen LogP contribution in [0.1, 0.15) is 52.4 Å². The summed E-state index contributed by atoms with van der Waals surface area (Å²) in [5, 5.41) is 0. The van der Waals surface area contributed by atoms with E-state index in [-0.39, 0.29) is 17.3 Å². The van der Waals surface area contributed by atoms with Gasteiger partial charge in [0.15, 0.2) is 22.4 Å². The van der Waals surface area contributed by atoms with Gasteiger partial charge in [0, 0.05) is 20.0 Å². The van der Waals surface area contributed by atoms with E-state index in [2.05, 4.69) is 6.92 Å². The average molecular weight is 471 g/mol. The molecule has 0 aromatic heterocycles. The molecule has 2 aliphatic heterocycles. The largest absolute Gasteiger partial charge is 0.459 e. The Labute approximate surface area is 190 Å². The highest BCUT2D eigenvalue weighted by atomic mass is 32.2. The van der Waals surface area contributed by atoms with Gasteiger partial charge in [0.2, 0.25) is 0 Å². The predicted molar refractivity (Wildman–Crippen MR) is 117 cm³/mol. The first-order chi connectivity index (χ1) is 15.4. The smallest absolute Gasteiger partial charge is 0.302 e. The number of unbranched alkanes of at least 4 members (excludes halogenated alkanes) is 4. The van der Waals surface area contributed by atoms with Crippen molar-refractivity contribution in [3.8, 4) is 0 Å². The number of hydrogen-bond acceptors (Lipinski definition) is 8. The molecular weight excluding hydrogens is 436 g/mol. The van der Waals surface area contributed by atoms with Gasteiger partial charge in [-0.2, -0.15) is 0 Å². The minimum absolute atomic E-state index is 0.133. The first-order valence-corrected chi connectivity index (χ1v) is 13.0. The number of sulfone groups is 1. The molecule has 1 aromatic carbocycles. The van der Waals surface area contributed by atoms with E-state index < -0.39 is 46.7 Å². The molecule has 180 valence electrons. The molecular formula is C23H34O8S. The summed E-state index contributed by atoms with van der Waals surface area (Å²) >= 11 is 0. The average Bonchev–Trinajstić information content (AvgIpc) is 2.76. The van der Waals surface area contributed by atoms with Crippen LogP contribution in [0, 0.1) is 0 Å². The molecule has 1 aromatic rings. The molecule has 0 spiro atoms. The summed E-state index contributed by atoms with van der Waals surface area (Å²) in [6.07, 6.45) is 2.74. The number of rotatable bonds is 11. The van der Waals surface area contributed by atoms with E-state index in [4.69, 9.17) is 23.7 Å². The zero-order valence-electron chi connectivity index (χ0n) is 18.8. The van der Waals surface area contributed by atoms with Gasteiger partial charge in [-0.05, 0) is 18.6 Å². The van der Waals surface area contributed by atoms with E-state index in [0.717, 1.165) is 12.8 Å². The van der Waals surface area contributed by atoms with Crippen LogP contribution in [0.5, 0.6) is 0 Å². The standard InChI is InChI=1S/C23H34O8S/c1-3-4-5-6-10-13-27-21-14-19(29-17(2)24)23-20(30-21)15-28-22(31-23)16-32(25,26)18-11-8-7-9-12-18/h7-9,11-12,19-23H,3-6,10,13-16H2,1-2H3/t19-,20-,21?,22?,23+/m1/s1. The highest BCUT2D eigenvalue weighted by molar-refractivity contribution is 7.91. The minimum Gasteiger partial charge on any atom is -0.459 e. The maximum Gasteiger partial charge on any atom is 0.302 e. The molecule has 0 aliphatic carbocycles. The SMILES string of the molecule is CCCCCCCOC1C[C@@H](OC(C)=O)[C@@H]2OC(CS(=O)(=O)c3ccccc3)OC[C@H]2O1. The maximum atomic E-state index is 12.7. The highest BCUT2D eigenvalue weighted by Gasteiger charge is 2.46. The van der Waals surface area contributed by atoms with E-state index in [1.165, 1.54) is 38.3 Å². The maximum absolute atomic E-state index is 12.7. The molecule has 2 saturated heterocycles. The molecule has 2 heterocycles. The Morgan fingerprint density at radius 1 is 1.09 bits per heavy atom. The molecule has 0 amide bonds. The number of ether oxygens (including phenoxy) is 5. The quantitative estimate of drug-likeness (QED) is 0.359. The van der Waals surface area contributed by atoms with Gasteiger partial charge in [0.05, 0.1) is 11.5 Å². The fraction of sp³-hybridized carbons (Fsp3) is 0.696. The fourth-order valence-electron chi connectivity index (χ4n) is 3.96. The fourth-order valence-corrected chi connectivity index (χ4v) is 5.26. The van der Waals surface area contributed by atoms with Gasteiger partial charge in [0.25, 0.3) is 0 Å². The molecule has 0 N–H and O–H groups in total. The number of carbonyl (C=O) groups excluding carboxylic acids is 1. The lowest BCUT2D eigenvalue weighted by Crippen LogP contribution is -2.58. The molecule has 2 fully saturated rings. The van der Waals surface area contributed by atoms with Gasteiger partial charge >= 0.3 is 5.97 Å². The predicted octanol–water partition coefficient (Wildman–Crippen LogP) is 3.24. The van der Waals surface area contributed by atoms with Gasteiger partial charge in [0.1, 0.15) is 24.1 Å². The Morgan fingerprint density at radius 2 is 1.84 bits per heavy atom. The van der Waals surface area contributed by atoms with Crippen molar-refractivity contribution in [2.45, 2.75) is 88.2 Å². The van der Waals surface area contributed by atoms with Gasteiger partial charge < -0.3 is 23.7 Å².